The van der Waals surface area contributed by atoms with Crippen molar-refractivity contribution in [3.05, 3.63) is 69.8 Å². The van der Waals surface area contributed by atoms with Gasteiger partial charge in [-0.2, -0.15) is 5.26 Å². The summed E-state index contributed by atoms with van der Waals surface area (Å²) in [5.74, 6) is 1.37. The van der Waals surface area contributed by atoms with E-state index in [-0.39, 0.29) is 37.0 Å². The highest BCUT2D eigenvalue weighted by Gasteiger charge is 2.22. The van der Waals surface area contributed by atoms with Gasteiger partial charge >= 0.3 is 0 Å². The molecule has 11 heteroatoms. The Morgan fingerprint density at radius 1 is 1.11 bits per heavy atom. The molecule has 1 N–H and O–H groups in total. The van der Waals surface area contributed by atoms with Crippen LogP contribution in [0.25, 0.3) is 0 Å². The second-order valence-electron chi connectivity index (χ2n) is 12.2. The Labute approximate surface area is 273 Å². The van der Waals surface area contributed by atoms with Crippen LogP contribution in [0.15, 0.2) is 48.5 Å². The zero-order valence-corrected chi connectivity index (χ0v) is 27.7. The molecular formula is C35H51N5O6. The lowest BCUT2D eigenvalue weighted by atomic mass is 9.92. The molecule has 1 aliphatic rings. The molecular weight excluding hydrogens is 586 g/mol. The van der Waals surface area contributed by atoms with E-state index < -0.39 is 5.09 Å². The molecule has 2 aromatic carbocycles. The second-order valence-corrected chi connectivity index (χ2v) is 12.2. The van der Waals surface area contributed by atoms with Gasteiger partial charge < -0.3 is 14.3 Å². The van der Waals surface area contributed by atoms with E-state index in [1.165, 1.54) is 24.8 Å². The quantitative estimate of drug-likeness (QED) is 0.0976. The van der Waals surface area contributed by atoms with Crippen molar-refractivity contribution in [3.8, 4) is 17.6 Å². The first-order valence-corrected chi connectivity index (χ1v) is 16.6. The summed E-state index contributed by atoms with van der Waals surface area (Å²) in [4.78, 5) is 29.8. The van der Waals surface area contributed by atoms with Crippen LogP contribution in [0.3, 0.4) is 0 Å². The summed E-state index contributed by atoms with van der Waals surface area (Å²) in [7, 11) is 3.82. The van der Waals surface area contributed by atoms with Crippen molar-refractivity contribution in [1.29, 1.82) is 5.26 Å². The van der Waals surface area contributed by atoms with Crippen molar-refractivity contribution in [2.24, 2.45) is 11.8 Å². The zero-order valence-electron chi connectivity index (χ0n) is 27.7. The Bertz CT molecular complexity index is 1230. The Balaban J connectivity index is 1.55. The number of carbonyl (C=O) groups excluding carboxylic acids is 1. The molecule has 252 valence electrons. The monoisotopic (exact) mass is 637 g/mol. The molecule has 0 radical (unpaired) electrons. The summed E-state index contributed by atoms with van der Waals surface area (Å²) < 4.78 is 11.2. The molecule has 2 unspecified atom stereocenters. The molecule has 3 rings (SSSR count). The third-order valence-electron chi connectivity index (χ3n) is 8.74. The molecule has 0 bridgehead atoms. The normalized spacial score (nSPS) is 15.1. The highest BCUT2D eigenvalue weighted by Crippen LogP contribution is 2.30. The lowest BCUT2D eigenvalue weighted by Gasteiger charge is -2.31. The topological polar surface area (TPSA) is 130 Å². The second kappa shape index (κ2) is 20.3. The Morgan fingerprint density at radius 3 is 2.54 bits per heavy atom. The maximum absolute atomic E-state index is 12.5. The summed E-state index contributed by atoms with van der Waals surface area (Å²) in [6.07, 6.45) is 9.63. The predicted molar refractivity (Wildman–Crippen MR) is 176 cm³/mol. The van der Waals surface area contributed by atoms with Gasteiger partial charge in [-0.05, 0) is 86.9 Å². The third kappa shape index (κ3) is 13.2. The van der Waals surface area contributed by atoms with Gasteiger partial charge in [-0.3, -0.25) is 15.1 Å². The van der Waals surface area contributed by atoms with E-state index in [0.717, 1.165) is 50.0 Å². The number of hydrogen-bond donors (Lipinski definition) is 1. The van der Waals surface area contributed by atoms with Crippen molar-refractivity contribution in [3.63, 3.8) is 0 Å². The SMILES string of the molecule is CCCCCCC(C#N)CCC(c1ccc(OCC(=O)NN2CCC(CO[N+](=O)[O-])CC2)cc1)N(C)CCc1cccc(OC)c1. The fourth-order valence-electron chi connectivity index (χ4n) is 5.90. The number of unbranched alkanes of at least 4 members (excludes halogenated alkanes) is 3. The third-order valence-corrected chi connectivity index (χ3v) is 8.74. The van der Waals surface area contributed by atoms with E-state index in [1.807, 2.05) is 29.3 Å². The van der Waals surface area contributed by atoms with Crippen LogP contribution in [0.2, 0.25) is 0 Å². The van der Waals surface area contributed by atoms with Gasteiger partial charge in [-0.15, -0.1) is 10.1 Å². The maximum atomic E-state index is 12.5. The van der Waals surface area contributed by atoms with Gasteiger partial charge in [-0.25, -0.2) is 5.01 Å². The van der Waals surface area contributed by atoms with Crippen molar-refractivity contribution < 1.29 is 24.2 Å². The highest BCUT2D eigenvalue weighted by atomic mass is 16.9. The Hall–Kier alpha value is -3.88. The number of rotatable bonds is 21. The first-order valence-electron chi connectivity index (χ1n) is 16.6. The van der Waals surface area contributed by atoms with Crippen LogP contribution < -0.4 is 14.9 Å². The van der Waals surface area contributed by atoms with Gasteiger partial charge in [0, 0.05) is 31.6 Å². The van der Waals surface area contributed by atoms with Crippen LogP contribution in [-0.4, -0.2) is 67.9 Å². The summed E-state index contributed by atoms with van der Waals surface area (Å²) in [6, 6.07) is 18.8. The maximum Gasteiger partial charge on any atom is 0.294 e. The number of amides is 1. The van der Waals surface area contributed by atoms with Gasteiger partial charge in [-0.1, -0.05) is 56.9 Å². The van der Waals surface area contributed by atoms with Gasteiger partial charge in [0.2, 0.25) is 0 Å². The van der Waals surface area contributed by atoms with E-state index in [2.05, 4.69) is 59.5 Å². The van der Waals surface area contributed by atoms with Crippen LogP contribution >= 0.6 is 0 Å². The minimum Gasteiger partial charge on any atom is -0.497 e. The van der Waals surface area contributed by atoms with Gasteiger partial charge in [0.15, 0.2) is 6.61 Å². The van der Waals surface area contributed by atoms with E-state index in [4.69, 9.17) is 9.47 Å². The minimum atomic E-state index is -0.763. The fraction of sp³-hybridized carbons (Fsp3) is 0.600. The largest absolute Gasteiger partial charge is 0.497 e. The van der Waals surface area contributed by atoms with Crippen molar-refractivity contribution in [2.45, 2.75) is 77.2 Å². The molecule has 46 heavy (non-hydrogen) atoms. The van der Waals surface area contributed by atoms with E-state index in [9.17, 15) is 20.2 Å². The number of nitrogens with one attached hydrogen (secondary N) is 1. The summed E-state index contributed by atoms with van der Waals surface area (Å²) in [5, 5.41) is 21.3. The first kappa shape index (κ1) is 36.6. The molecule has 1 aliphatic heterocycles. The van der Waals surface area contributed by atoms with Crippen molar-refractivity contribution in [1.82, 2.24) is 15.3 Å². The number of carbonyl (C=O) groups is 1. The smallest absolute Gasteiger partial charge is 0.294 e. The van der Waals surface area contributed by atoms with Gasteiger partial charge in [0.05, 0.1) is 19.8 Å². The first-order chi connectivity index (χ1) is 22.3. The van der Waals surface area contributed by atoms with Crippen molar-refractivity contribution >= 4 is 5.91 Å². The molecule has 11 nitrogen and oxygen atoms in total. The fourth-order valence-corrected chi connectivity index (χ4v) is 5.90. The number of methoxy groups -OCH3 is 1. The molecule has 1 fully saturated rings. The molecule has 0 saturated carbocycles. The number of ether oxygens (including phenoxy) is 2. The molecule has 2 atom stereocenters. The summed E-state index contributed by atoms with van der Waals surface area (Å²) in [5.41, 5.74) is 5.23. The molecule has 1 heterocycles. The number of likely N-dealkylation sites (N-methyl/N-ethyl adjacent to an activating group) is 1. The average Bonchev–Trinajstić information content (AvgIpc) is 3.07. The predicted octanol–water partition coefficient (Wildman–Crippen LogP) is 6.13. The average molecular weight is 638 g/mol. The summed E-state index contributed by atoms with van der Waals surface area (Å²) in [6.45, 7) is 4.23. The number of hydrazine groups is 1. The molecule has 1 saturated heterocycles. The summed E-state index contributed by atoms with van der Waals surface area (Å²) >= 11 is 0. The van der Waals surface area contributed by atoms with Crippen LogP contribution in [0.5, 0.6) is 11.5 Å². The molecule has 0 spiro atoms. The number of nitriles is 1. The van der Waals surface area contributed by atoms with Crippen LogP contribution in [0, 0.1) is 33.3 Å². The number of benzene rings is 2. The Kier molecular flexibility index (Phi) is 16.1. The van der Waals surface area contributed by atoms with Gasteiger partial charge in [0.25, 0.3) is 11.0 Å². The van der Waals surface area contributed by atoms with E-state index >= 15 is 0 Å². The minimum absolute atomic E-state index is 0.0485. The molecule has 2 aromatic rings. The van der Waals surface area contributed by atoms with E-state index in [0.29, 0.717) is 31.7 Å². The van der Waals surface area contributed by atoms with Gasteiger partial charge in [0.1, 0.15) is 11.5 Å². The van der Waals surface area contributed by atoms with Crippen LogP contribution in [0.1, 0.15) is 81.9 Å². The number of nitrogens with zero attached hydrogens (tertiary/aromatic N) is 4. The highest BCUT2D eigenvalue weighted by molar-refractivity contribution is 5.77. The number of piperidine rings is 1. The molecule has 0 aromatic heterocycles. The lowest BCUT2D eigenvalue weighted by molar-refractivity contribution is -0.759. The van der Waals surface area contributed by atoms with Crippen molar-refractivity contribution in [2.75, 3.05) is 47.0 Å². The van der Waals surface area contributed by atoms with Crippen LogP contribution in [0.4, 0.5) is 0 Å². The lowest BCUT2D eigenvalue weighted by Crippen LogP contribution is -2.48. The standard InChI is InChI=1S/C35H51N5O6/c1-4-5-6-7-9-29(25-36)12-17-34(38(2)21-18-28-10-8-11-33(24-28)44-3)31-13-15-32(16-14-31)45-27-35(41)37-39-22-19-30(20-23-39)26-46-40(42)43/h8,10-11,13-16,24,29-30,34H,4-7,9,12,17-23,26-27H2,1-3H3,(H,37,41). The van der Waals surface area contributed by atoms with E-state index in [1.54, 1.807) is 7.11 Å². The molecule has 0 aliphatic carbocycles. The Morgan fingerprint density at radius 2 is 1.87 bits per heavy atom. The van der Waals surface area contributed by atoms with Crippen LogP contribution in [-0.2, 0) is 16.1 Å². The number of hydrogen-bond acceptors (Lipinski definition) is 9. The molecule has 1 amide bonds. The zero-order chi connectivity index (χ0) is 33.1.